The van der Waals surface area contributed by atoms with Crippen molar-refractivity contribution in [2.45, 2.75) is 24.4 Å². The fourth-order valence-electron chi connectivity index (χ4n) is 2.29. The molecule has 0 bridgehead atoms. The summed E-state index contributed by atoms with van der Waals surface area (Å²) in [4.78, 5) is 23.6. The summed E-state index contributed by atoms with van der Waals surface area (Å²) in [5, 5.41) is 39.6. The molecule has 8 nitrogen and oxygen atoms in total. The molecule has 8 heteroatoms. The van der Waals surface area contributed by atoms with Gasteiger partial charge in [-0.3, -0.25) is 0 Å². The lowest BCUT2D eigenvalue weighted by Crippen LogP contribution is -2.48. The third-order valence-corrected chi connectivity index (χ3v) is 3.93. The number of benzene rings is 2. The maximum absolute atomic E-state index is 11.8. The van der Waals surface area contributed by atoms with Crippen molar-refractivity contribution in [3.05, 3.63) is 71.8 Å². The van der Waals surface area contributed by atoms with E-state index in [0.29, 0.717) is 0 Å². The minimum Gasteiger partial charge on any atom is -0.459 e. The smallest absolute Gasteiger partial charge is 0.338 e. The number of aliphatic hydroxyl groups excluding tert-OH is 4. The monoisotopic (exact) mass is 390 g/mol. The molecule has 0 saturated heterocycles. The van der Waals surface area contributed by atoms with Crippen LogP contribution in [0.4, 0.5) is 0 Å². The highest BCUT2D eigenvalue weighted by atomic mass is 16.5. The number of carbonyl (C=O) groups excluding carboxylic acids is 2. The third-order valence-electron chi connectivity index (χ3n) is 3.93. The van der Waals surface area contributed by atoms with Crippen LogP contribution in [0.2, 0.25) is 0 Å². The first-order chi connectivity index (χ1) is 13.4. The van der Waals surface area contributed by atoms with Crippen molar-refractivity contribution >= 4 is 11.9 Å². The molecule has 2 aromatic carbocycles. The lowest BCUT2D eigenvalue weighted by molar-refractivity contribution is -0.125. The van der Waals surface area contributed by atoms with Gasteiger partial charge in [0.1, 0.15) is 37.6 Å². The number of carbonyl (C=O) groups is 2. The molecule has 0 fully saturated rings. The second-order valence-electron chi connectivity index (χ2n) is 6.04. The van der Waals surface area contributed by atoms with E-state index in [9.17, 15) is 30.0 Å². The van der Waals surface area contributed by atoms with Crippen molar-refractivity contribution in [3.8, 4) is 0 Å². The number of ether oxygens (including phenoxy) is 2. The van der Waals surface area contributed by atoms with Crippen LogP contribution in [0.3, 0.4) is 0 Å². The standard InChI is InChI=1S/C20H22O8/c21-15(11-27-19(25)13-7-3-1-4-8-13)17(23)18(24)16(22)12-28-20(26)14-9-5-2-6-10-14/h1-10,15-18,21-24H,11-12H2. The van der Waals surface area contributed by atoms with Crippen LogP contribution >= 0.6 is 0 Å². The zero-order valence-electron chi connectivity index (χ0n) is 14.9. The van der Waals surface area contributed by atoms with E-state index in [-0.39, 0.29) is 11.1 Å². The molecular formula is C20H22O8. The number of rotatable bonds is 9. The summed E-state index contributed by atoms with van der Waals surface area (Å²) in [6.07, 6.45) is -6.95. The molecule has 4 atom stereocenters. The molecule has 0 aliphatic carbocycles. The average Bonchev–Trinajstić information content (AvgIpc) is 2.75. The summed E-state index contributed by atoms with van der Waals surface area (Å²) in [6, 6.07) is 16.1. The van der Waals surface area contributed by atoms with E-state index in [0.717, 1.165) is 0 Å². The van der Waals surface area contributed by atoms with Gasteiger partial charge in [0, 0.05) is 0 Å². The SMILES string of the molecule is O=C(OCC(O)C(O)C(O)C(O)COC(=O)c1ccccc1)c1ccccc1. The van der Waals surface area contributed by atoms with Crippen LogP contribution in [0.25, 0.3) is 0 Å². The maximum atomic E-state index is 11.8. The molecule has 0 aromatic heterocycles. The summed E-state index contributed by atoms with van der Waals surface area (Å²) < 4.78 is 9.74. The molecule has 0 amide bonds. The van der Waals surface area contributed by atoms with Gasteiger partial charge >= 0.3 is 11.9 Å². The van der Waals surface area contributed by atoms with Crippen molar-refractivity contribution in [2.75, 3.05) is 13.2 Å². The summed E-state index contributed by atoms with van der Waals surface area (Å²) >= 11 is 0. The molecule has 0 aliphatic heterocycles. The predicted molar refractivity (Wildman–Crippen MR) is 97.5 cm³/mol. The molecule has 28 heavy (non-hydrogen) atoms. The van der Waals surface area contributed by atoms with Crippen molar-refractivity contribution in [2.24, 2.45) is 0 Å². The molecule has 4 N–H and O–H groups in total. The Morgan fingerprint density at radius 3 is 1.29 bits per heavy atom. The fourth-order valence-corrected chi connectivity index (χ4v) is 2.29. The van der Waals surface area contributed by atoms with Gasteiger partial charge in [0.05, 0.1) is 11.1 Å². The van der Waals surface area contributed by atoms with Crippen LogP contribution in [0.15, 0.2) is 60.7 Å². The first kappa shape index (κ1) is 21.5. The zero-order valence-corrected chi connectivity index (χ0v) is 14.9. The van der Waals surface area contributed by atoms with Crippen molar-refractivity contribution < 1.29 is 39.5 Å². The van der Waals surface area contributed by atoms with Gasteiger partial charge in [0.15, 0.2) is 0 Å². The lowest BCUT2D eigenvalue weighted by atomic mass is 10.0. The Morgan fingerprint density at radius 2 is 0.964 bits per heavy atom. The number of hydrogen-bond acceptors (Lipinski definition) is 8. The largest absolute Gasteiger partial charge is 0.459 e. The van der Waals surface area contributed by atoms with Gasteiger partial charge in [0.25, 0.3) is 0 Å². The van der Waals surface area contributed by atoms with Crippen molar-refractivity contribution in [1.82, 2.24) is 0 Å². The Bertz CT molecular complexity index is 684. The second-order valence-corrected chi connectivity index (χ2v) is 6.04. The van der Waals surface area contributed by atoms with E-state index in [2.05, 4.69) is 0 Å². The molecule has 0 spiro atoms. The molecule has 2 rings (SSSR count). The van der Waals surface area contributed by atoms with Crippen LogP contribution < -0.4 is 0 Å². The topological polar surface area (TPSA) is 134 Å². The van der Waals surface area contributed by atoms with Crippen molar-refractivity contribution in [3.63, 3.8) is 0 Å². The number of hydrogen-bond donors (Lipinski definition) is 4. The van der Waals surface area contributed by atoms with Gasteiger partial charge in [0.2, 0.25) is 0 Å². The molecule has 4 unspecified atom stereocenters. The predicted octanol–water partition coefficient (Wildman–Crippen LogP) is 0.144. The Labute approximate surface area is 161 Å². The summed E-state index contributed by atoms with van der Waals surface area (Å²) in [6.45, 7) is -1.19. The van der Waals surface area contributed by atoms with Gasteiger partial charge in [-0.1, -0.05) is 36.4 Å². The van der Waals surface area contributed by atoms with Gasteiger partial charge in [-0.25, -0.2) is 9.59 Å². The Morgan fingerprint density at radius 1 is 0.643 bits per heavy atom. The summed E-state index contributed by atoms with van der Waals surface area (Å²) in [5.41, 5.74) is 0.523. The van der Waals surface area contributed by atoms with Gasteiger partial charge in [-0.05, 0) is 24.3 Å². The van der Waals surface area contributed by atoms with E-state index in [1.807, 2.05) is 0 Å². The summed E-state index contributed by atoms with van der Waals surface area (Å²) in [5.74, 6) is -1.42. The Hall–Kier alpha value is -2.78. The molecule has 0 saturated carbocycles. The molecular weight excluding hydrogens is 368 g/mol. The highest BCUT2D eigenvalue weighted by Gasteiger charge is 2.32. The first-order valence-corrected chi connectivity index (χ1v) is 8.56. The first-order valence-electron chi connectivity index (χ1n) is 8.56. The molecule has 0 radical (unpaired) electrons. The van der Waals surface area contributed by atoms with Crippen LogP contribution in [0.1, 0.15) is 20.7 Å². The Balaban J connectivity index is 1.79. The third kappa shape index (κ3) is 6.14. The highest BCUT2D eigenvalue weighted by molar-refractivity contribution is 5.89. The molecule has 150 valence electrons. The summed E-state index contributed by atoms with van der Waals surface area (Å²) in [7, 11) is 0. The zero-order chi connectivity index (χ0) is 20.5. The van der Waals surface area contributed by atoms with E-state index in [1.54, 1.807) is 36.4 Å². The maximum Gasteiger partial charge on any atom is 0.338 e. The molecule has 0 heterocycles. The van der Waals surface area contributed by atoms with E-state index >= 15 is 0 Å². The van der Waals surface area contributed by atoms with Crippen LogP contribution in [-0.4, -0.2) is 70.0 Å². The van der Waals surface area contributed by atoms with Gasteiger partial charge in [-0.2, -0.15) is 0 Å². The van der Waals surface area contributed by atoms with Gasteiger partial charge < -0.3 is 29.9 Å². The number of aliphatic hydroxyl groups is 4. The second kappa shape index (κ2) is 10.5. The van der Waals surface area contributed by atoms with Crippen LogP contribution in [0.5, 0.6) is 0 Å². The van der Waals surface area contributed by atoms with Crippen LogP contribution in [-0.2, 0) is 9.47 Å². The lowest BCUT2D eigenvalue weighted by Gasteiger charge is -2.26. The minimum absolute atomic E-state index is 0.262. The normalized spacial score (nSPS) is 15.1. The average molecular weight is 390 g/mol. The minimum atomic E-state index is -1.82. The quantitative estimate of drug-likeness (QED) is 0.445. The van der Waals surface area contributed by atoms with E-state index in [1.165, 1.54) is 24.3 Å². The molecule has 0 aliphatic rings. The fraction of sp³-hybridized carbons (Fsp3) is 0.300. The van der Waals surface area contributed by atoms with Crippen molar-refractivity contribution in [1.29, 1.82) is 0 Å². The van der Waals surface area contributed by atoms with Gasteiger partial charge in [-0.15, -0.1) is 0 Å². The number of esters is 2. The van der Waals surface area contributed by atoms with Crippen LogP contribution in [0, 0.1) is 0 Å². The van der Waals surface area contributed by atoms with E-state index < -0.39 is 49.6 Å². The molecule has 2 aromatic rings. The van der Waals surface area contributed by atoms with E-state index in [4.69, 9.17) is 9.47 Å². The highest BCUT2D eigenvalue weighted by Crippen LogP contribution is 2.09. The Kier molecular flexibility index (Phi) is 8.09.